The standard InChI is InChI=1S/C16H16N4O3S/c1-10-3-5-14(9-18-10)24(21,22)20-16(17)19-13-4-6-15-12(8-13)7-11(2)23-15/h3-9H,1-2H3,(H3,17,19,20). The largest absolute Gasteiger partial charge is 0.461 e. The Labute approximate surface area is 139 Å². The third-order valence-electron chi connectivity index (χ3n) is 3.31. The number of fused-ring (bicyclic) bond motifs is 1. The maximum Gasteiger partial charge on any atom is 0.287 e. The number of guanidine groups is 1. The van der Waals surface area contributed by atoms with Crippen LogP contribution in [0.15, 0.2) is 56.3 Å². The van der Waals surface area contributed by atoms with Gasteiger partial charge in [0, 0.05) is 23.0 Å². The van der Waals surface area contributed by atoms with E-state index in [2.05, 4.69) is 14.7 Å². The smallest absolute Gasteiger partial charge is 0.287 e. The Balaban J connectivity index is 1.85. The minimum atomic E-state index is -3.92. The summed E-state index contributed by atoms with van der Waals surface area (Å²) in [5, 5.41) is 3.65. The van der Waals surface area contributed by atoms with Crippen LogP contribution in [0.3, 0.4) is 0 Å². The Morgan fingerprint density at radius 1 is 1.21 bits per heavy atom. The number of hydrogen-bond donors (Lipinski definition) is 2. The normalized spacial score (nSPS) is 12.5. The summed E-state index contributed by atoms with van der Waals surface area (Å²) in [6.45, 7) is 3.62. The van der Waals surface area contributed by atoms with Crippen molar-refractivity contribution in [2.45, 2.75) is 18.7 Å². The summed E-state index contributed by atoms with van der Waals surface area (Å²) in [6, 6.07) is 10.2. The highest BCUT2D eigenvalue weighted by atomic mass is 32.2. The number of rotatable bonds is 3. The summed E-state index contributed by atoms with van der Waals surface area (Å²) in [6.07, 6.45) is 1.25. The van der Waals surface area contributed by atoms with Crippen LogP contribution in [-0.2, 0) is 10.0 Å². The molecule has 0 aliphatic heterocycles. The fourth-order valence-corrected chi connectivity index (χ4v) is 3.05. The summed E-state index contributed by atoms with van der Waals surface area (Å²) < 4.78 is 33.5. The van der Waals surface area contributed by atoms with Crippen molar-refractivity contribution in [3.63, 3.8) is 0 Å². The molecule has 8 heteroatoms. The van der Waals surface area contributed by atoms with Gasteiger partial charge in [-0.2, -0.15) is 8.42 Å². The molecule has 7 nitrogen and oxygen atoms in total. The Bertz CT molecular complexity index is 1020. The second-order valence-corrected chi connectivity index (χ2v) is 6.93. The Hall–Kier alpha value is -2.87. The highest BCUT2D eigenvalue weighted by Crippen LogP contribution is 2.22. The van der Waals surface area contributed by atoms with Crippen molar-refractivity contribution < 1.29 is 12.8 Å². The molecule has 0 atom stereocenters. The third-order valence-corrected chi connectivity index (χ3v) is 4.59. The highest BCUT2D eigenvalue weighted by molar-refractivity contribution is 7.90. The molecule has 2 heterocycles. The number of nitrogens with two attached hydrogens (primary N) is 1. The predicted octanol–water partition coefficient (Wildman–Crippen LogP) is 2.56. The van der Waals surface area contributed by atoms with Crippen molar-refractivity contribution in [2.75, 3.05) is 5.32 Å². The van der Waals surface area contributed by atoms with E-state index in [0.717, 1.165) is 16.7 Å². The topological polar surface area (TPSA) is 111 Å². The van der Waals surface area contributed by atoms with Crippen LogP contribution in [0, 0.1) is 13.8 Å². The van der Waals surface area contributed by atoms with E-state index in [9.17, 15) is 8.42 Å². The molecule has 0 bridgehead atoms. The molecule has 2 aromatic heterocycles. The predicted molar refractivity (Wildman–Crippen MR) is 92.4 cm³/mol. The third kappa shape index (κ3) is 3.38. The van der Waals surface area contributed by atoms with Gasteiger partial charge in [-0.25, -0.2) is 0 Å². The van der Waals surface area contributed by atoms with Crippen molar-refractivity contribution in [1.82, 2.24) is 4.98 Å². The molecule has 0 amide bonds. The van der Waals surface area contributed by atoms with E-state index in [1.807, 2.05) is 13.0 Å². The number of furan rings is 1. The lowest BCUT2D eigenvalue weighted by molar-refractivity contribution is 0.578. The van der Waals surface area contributed by atoms with Crippen molar-refractivity contribution in [3.8, 4) is 0 Å². The van der Waals surface area contributed by atoms with Gasteiger partial charge in [0.15, 0.2) is 0 Å². The molecule has 0 spiro atoms. The van der Waals surface area contributed by atoms with Crippen LogP contribution in [0.2, 0.25) is 0 Å². The molecule has 124 valence electrons. The van der Waals surface area contributed by atoms with E-state index in [1.165, 1.54) is 12.3 Å². The first-order valence-electron chi connectivity index (χ1n) is 7.14. The van der Waals surface area contributed by atoms with Gasteiger partial charge in [-0.1, -0.05) is 0 Å². The lowest BCUT2D eigenvalue weighted by atomic mass is 10.2. The highest BCUT2D eigenvalue weighted by Gasteiger charge is 2.14. The molecule has 0 radical (unpaired) electrons. The van der Waals surface area contributed by atoms with E-state index in [-0.39, 0.29) is 10.9 Å². The van der Waals surface area contributed by atoms with Gasteiger partial charge in [-0.3, -0.25) is 4.98 Å². The van der Waals surface area contributed by atoms with E-state index >= 15 is 0 Å². The van der Waals surface area contributed by atoms with Crippen molar-refractivity contribution in [3.05, 3.63) is 54.0 Å². The van der Waals surface area contributed by atoms with E-state index in [4.69, 9.17) is 10.2 Å². The Kier molecular flexibility index (Phi) is 3.98. The summed E-state index contributed by atoms with van der Waals surface area (Å²) in [5.74, 6) is 0.563. The maximum absolute atomic E-state index is 12.2. The fourth-order valence-electron chi connectivity index (χ4n) is 2.21. The number of sulfonamides is 1. The Morgan fingerprint density at radius 3 is 2.71 bits per heavy atom. The van der Waals surface area contributed by atoms with Gasteiger partial charge in [-0.05, 0) is 50.2 Å². The van der Waals surface area contributed by atoms with Crippen molar-refractivity contribution in [2.24, 2.45) is 10.1 Å². The van der Waals surface area contributed by atoms with Crippen LogP contribution in [0.1, 0.15) is 11.5 Å². The van der Waals surface area contributed by atoms with Gasteiger partial charge in [0.25, 0.3) is 10.0 Å². The van der Waals surface area contributed by atoms with Crippen molar-refractivity contribution >= 4 is 32.6 Å². The number of aryl methyl sites for hydroxylation is 2. The van der Waals surface area contributed by atoms with Gasteiger partial charge in [0.1, 0.15) is 16.2 Å². The van der Waals surface area contributed by atoms with Gasteiger partial charge >= 0.3 is 0 Å². The molecule has 1 aromatic carbocycles. The first kappa shape index (κ1) is 16.0. The van der Waals surface area contributed by atoms with E-state index in [1.54, 1.807) is 31.2 Å². The average molecular weight is 344 g/mol. The molecular formula is C16H16N4O3S. The number of hydrogen-bond acceptors (Lipinski definition) is 4. The summed E-state index contributed by atoms with van der Waals surface area (Å²) in [5.41, 5.74) is 7.80. The zero-order valence-corrected chi connectivity index (χ0v) is 14.0. The fraction of sp³-hybridized carbons (Fsp3) is 0.125. The van der Waals surface area contributed by atoms with Crippen LogP contribution < -0.4 is 11.1 Å². The first-order valence-corrected chi connectivity index (χ1v) is 8.58. The van der Waals surface area contributed by atoms with Gasteiger partial charge in [0.05, 0.1) is 0 Å². The minimum absolute atomic E-state index is 0.0150. The van der Waals surface area contributed by atoms with Crippen LogP contribution in [-0.4, -0.2) is 19.4 Å². The minimum Gasteiger partial charge on any atom is -0.461 e. The second kappa shape index (κ2) is 5.97. The quantitative estimate of drug-likeness (QED) is 0.558. The number of nitrogens with zero attached hydrogens (tertiary/aromatic N) is 2. The van der Waals surface area contributed by atoms with Crippen molar-refractivity contribution in [1.29, 1.82) is 0 Å². The van der Waals surface area contributed by atoms with Crippen LogP contribution >= 0.6 is 0 Å². The molecule has 3 rings (SSSR count). The Morgan fingerprint density at radius 2 is 2.00 bits per heavy atom. The number of nitrogens with one attached hydrogen (secondary N) is 1. The van der Waals surface area contributed by atoms with Crippen LogP contribution in [0.4, 0.5) is 5.69 Å². The summed E-state index contributed by atoms with van der Waals surface area (Å²) >= 11 is 0. The lowest BCUT2D eigenvalue weighted by Crippen LogP contribution is -2.24. The van der Waals surface area contributed by atoms with Gasteiger partial charge in [-0.15, -0.1) is 4.40 Å². The zero-order chi connectivity index (χ0) is 17.3. The number of anilines is 1. The molecule has 3 N–H and O–H groups in total. The molecular weight excluding hydrogens is 328 g/mol. The molecule has 0 saturated heterocycles. The molecule has 0 aliphatic rings. The summed E-state index contributed by atoms with van der Waals surface area (Å²) in [4.78, 5) is 3.94. The van der Waals surface area contributed by atoms with Crippen LogP contribution in [0.25, 0.3) is 11.0 Å². The number of benzene rings is 1. The molecule has 0 aliphatic carbocycles. The van der Waals surface area contributed by atoms with Gasteiger partial charge < -0.3 is 15.5 Å². The van der Waals surface area contributed by atoms with E-state index < -0.39 is 10.0 Å². The summed E-state index contributed by atoms with van der Waals surface area (Å²) in [7, 11) is -3.92. The maximum atomic E-state index is 12.2. The van der Waals surface area contributed by atoms with E-state index in [0.29, 0.717) is 11.4 Å². The molecule has 24 heavy (non-hydrogen) atoms. The second-order valence-electron chi connectivity index (χ2n) is 5.32. The SMILES string of the molecule is Cc1ccc(S(=O)(=O)N=C(N)Nc2ccc3oc(C)cc3c2)cn1. The molecule has 0 fully saturated rings. The zero-order valence-electron chi connectivity index (χ0n) is 13.1. The molecule has 3 aromatic rings. The molecule has 0 saturated carbocycles. The monoisotopic (exact) mass is 344 g/mol. The molecule has 0 unspecified atom stereocenters. The first-order chi connectivity index (χ1) is 11.3. The average Bonchev–Trinajstić information content (AvgIpc) is 2.86. The lowest BCUT2D eigenvalue weighted by Gasteiger charge is -2.06. The number of pyridine rings is 1. The number of aromatic nitrogens is 1. The van der Waals surface area contributed by atoms with Gasteiger partial charge in [0.2, 0.25) is 5.96 Å². The van der Waals surface area contributed by atoms with Crippen LogP contribution in [0.5, 0.6) is 0 Å².